The maximum absolute atomic E-state index is 5.67. The molecule has 32 heavy (non-hydrogen) atoms. The van der Waals surface area contributed by atoms with E-state index < -0.39 is 0 Å². The van der Waals surface area contributed by atoms with Gasteiger partial charge >= 0.3 is 0 Å². The number of benzene rings is 1. The van der Waals surface area contributed by atoms with Gasteiger partial charge in [-0.05, 0) is 63.8 Å². The van der Waals surface area contributed by atoms with Gasteiger partial charge in [0.1, 0.15) is 5.75 Å². The lowest BCUT2D eigenvalue weighted by molar-refractivity contribution is 0.0513. The Hall–Kier alpha value is -1.81. The number of guanidine groups is 1. The lowest BCUT2D eigenvalue weighted by atomic mass is 9.74. The molecule has 0 atom stereocenters. The minimum atomic E-state index is 0. The standard InChI is InChI=1S/C24H37N5O2.HI/c1-5-31-22-9-7-21(8-10-22)24(11-15-30-16-12-24)18-27-23(25-4)26-13-6-14-29-20(3)17-19(2)28-29;/h7-10,17H,5-6,11-16,18H2,1-4H3,(H2,25,26,27);1H. The van der Waals surface area contributed by atoms with Crippen LogP contribution in [0.1, 0.15) is 43.1 Å². The lowest BCUT2D eigenvalue weighted by Gasteiger charge is -2.38. The Kier molecular flexibility index (Phi) is 10.8. The number of aliphatic imine (C=N–C) groups is 1. The Labute approximate surface area is 209 Å². The maximum Gasteiger partial charge on any atom is 0.191 e. The van der Waals surface area contributed by atoms with Crippen molar-refractivity contribution in [1.29, 1.82) is 0 Å². The number of halogens is 1. The van der Waals surface area contributed by atoms with E-state index in [1.54, 1.807) is 0 Å². The number of hydrogen-bond acceptors (Lipinski definition) is 4. The van der Waals surface area contributed by atoms with Crippen molar-refractivity contribution in [2.75, 3.05) is 40.0 Å². The first kappa shape index (κ1) is 26.4. The van der Waals surface area contributed by atoms with Gasteiger partial charge in [0.05, 0.1) is 12.3 Å². The molecule has 7 nitrogen and oxygen atoms in total. The highest BCUT2D eigenvalue weighted by molar-refractivity contribution is 14.0. The van der Waals surface area contributed by atoms with Gasteiger partial charge in [0.25, 0.3) is 0 Å². The van der Waals surface area contributed by atoms with Gasteiger partial charge in [-0.2, -0.15) is 5.10 Å². The number of nitrogens with one attached hydrogen (secondary N) is 2. The third-order valence-corrected chi connectivity index (χ3v) is 5.99. The Balaban J connectivity index is 0.00000363. The van der Waals surface area contributed by atoms with Gasteiger partial charge < -0.3 is 20.1 Å². The van der Waals surface area contributed by atoms with Crippen molar-refractivity contribution in [2.45, 2.75) is 52.0 Å². The van der Waals surface area contributed by atoms with Crippen LogP contribution in [0.5, 0.6) is 5.75 Å². The highest BCUT2D eigenvalue weighted by atomic mass is 127. The third kappa shape index (κ3) is 7.10. The number of rotatable bonds is 9. The first-order chi connectivity index (χ1) is 15.1. The van der Waals surface area contributed by atoms with E-state index >= 15 is 0 Å². The molecule has 2 aromatic rings. The van der Waals surface area contributed by atoms with Crippen LogP contribution in [0.15, 0.2) is 35.3 Å². The molecule has 1 fully saturated rings. The number of aryl methyl sites for hydroxylation is 3. The zero-order chi connectivity index (χ0) is 22.1. The molecule has 1 aromatic carbocycles. The fraction of sp³-hybridized carbons (Fsp3) is 0.583. The second-order valence-corrected chi connectivity index (χ2v) is 8.21. The van der Waals surface area contributed by atoms with E-state index in [4.69, 9.17) is 9.47 Å². The minimum absolute atomic E-state index is 0. The Morgan fingerprint density at radius 1 is 1.19 bits per heavy atom. The van der Waals surface area contributed by atoms with E-state index in [2.05, 4.69) is 62.7 Å². The van der Waals surface area contributed by atoms with Crippen molar-refractivity contribution >= 4 is 29.9 Å². The van der Waals surface area contributed by atoms with Crippen molar-refractivity contribution in [3.05, 3.63) is 47.3 Å². The first-order valence-electron chi connectivity index (χ1n) is 11.3. The van der Waals surface area contributed by atoms with Crippen LogP contribution >= 0.6 is 24.0 Å². The summed E-state index contributed by atoms with van der Waals surface area (Å²) in [6.07, 6.45) is 2.96. The molecule has 0 spiro atoms. The van der Waals surface area contributed by atoms with Crippen LogP contribution in [0.3, 0.4) is 0 Å². The van der Waals surface area contributed by atoms with Crippen molar-refractivity contribution in [3.63, 3.8) is 0 Å². The molecule has 178 valence electrons. The van der Waals surface area contributed by atoms with Gasteiger partial charge in [-0.15, -0.1) is 24.0 Å². The van der Waals surface area contributed by atoms with E-state index in [0.717, 1.165) is 69.5 Å². The quantitative estimate of drug-likeness (QED) is 0.213. The van der Waals surface area contributed by atoms with Crippen LogP contribution in [-0.2, 0) is 16.7 Å². The molecular formula is C24H38IN5O2. The highest BCUT2D eigenvalue weighted by Gasteiger charge is 2.34. The molecule has 1 saturated heterocycles. The molecule has 1 aliphatic rings. The van der Waals surface area contributed by atoms with Crippen LogP contribution in [0, 0.1) is 13.8 Å². The summed E-state index contributed by atoms with van der Waals surface area (Å²) in [7, 11) is 1.82. The molecule has 2 N–H and O–H groups in total. The van der Waals surface area contributed by atoms with Gasteiger partial charge in [0, 0.05) is 51.0 Å². The Morgan fingerprint density at radius 3 is 2.50 bits per heavy atom. The van der Waals surface area contributed by atoms with E-state index in [1.165, 1.54) is 11.3 Å². The summed E-state index contributed by atoms with van der Waals surface area (Å²) < 4.78 is 13.4. The largest absolute Gasteiger partial charge is 0.494 e. The van der Waals surface area contributed by atoms with Gasteiger partial charge in [0.15, 0.2) is 5.96 Å². The topological polar surface area (TPSA) is 72.7 Å². The second kappa shape index (κ2) is 13.0. The van der Waals surface area contributed by atoms with E-state index in [-0.39, 0.29) is 29.4 Å². The monoisotopic (exact) mass is 555 g/mol. The van der Waals surface area contributed by atoms with Crippen molar-refractivity contribution in [2.24, 2.45) is 4.99 Å². The summed E-state index contributed by atoms with van der Waals surface area (Å²) >= 11 is 0. The van der Waals surface area contributed by atoms with Gasteiger partial charge in [-0.25, -0.2) is 0 Å². The highest BCUT2D eigenvalue weighted by Crippen LogP contribution is 2.35. The molecule has 0 aliphatic carbocycles. The van der Waals surface area contributed by atoms with Crippen LogP contribution in [-0.4, -0.2) is 55.7 Å². The number of ether oxygens (including phenoxy) is 2. The van der Waals surface area contributed by atoms with Crippen LogP contribution in [0.4, 0.5) is 0 Å². The number of nitrogens with zero attached hydrogens (tertiary/aromatic N) is 3. The van der Waals surface area contributed by atoms with Crippen LogP contribution in [0.2, 0.25) is 0 Å². The van der Waals surface area contributed by atoms with E-state index in [9.17, 15) is 0 Å². The normalized spacial score (nSPS) is 15.7. The average Bonchev–Trinajstić information content (AvgIpc) is 3.11. The molecular weight excluding hydrogens is 517 g/mol. The molecule has 0 bridgehead atoms. The predicted molar refractivity (Wildman–Crippen MR) is 140 cm³/mol. The smallest absolute Gasteiger partial charge is 0.191 e. The summed E-state index contributed by atoms with van der Waals surface area (Å²) in [4.78, 5) is 4.42. The predicted octanol–water partition coefficient (Wildman–Crippen LogP) is 3.82. The van der Waals surface area contributed by atoms with Crippen molar-refractivity contribution in [1.82, 2.24) is 20.4 Å². The van der Waals surface area contributed by atoms with Crippen LogP contribution in [0.25, 0.3) is 0 Å². The molecule has 0 radical (unpaired) electrons. The molecule has 0 saturated carbocycles. The van der Waals surface area contributed by atoms with Crippen molar-refractivity contribution < 1.29 is 9.47 Å². The van der Waals surface area contributed by atoms with E-state index in [0.29, 0.717) is 6.61 Å². The van der Waals surface area contributed by atoms with E-state index in [1.807, 2.05) is 20.9 Å². The molecule has 1 aromatic heterocycles. The molecule has 3 rings (SSSR count). The summed E-state index contributed by atoms with van der Waals surface area (Å²) in [5.41, 5.74) is 3.63. The Morgan fingerprint density at radius 2 is 1.91 bits per heavy atom. The first-order valence-corrected chi connectivity index (χ1v) is 11.3. The Bertz CT molecular complexity index is 845. The van der Waals surface area contributed by atoms with Gasteiger partial charge in [-0.1, -0.05) is 12.1 Å². The minimum Gasteiger partial charge on any atom is -0.494 e. The SMILES string of the molecule is CCOc1ccc(C2(CNC(=NC)NCCCn3nc(C)cc3C)CCOCC2)cc1.I. The summed E-state index contributed by atoms with van der Waals surface area (Å²) in [5, 5.41) is 11.5. The van der Waals surface area contributed by atoms with Crippen molar-refractivity contribution in [3.8, 4) is 5.75 Å². The average molecular weight is 556 g/mol. The maximum atomic E-state index is 5.67. The number of hydrogen-bond donors (Lipinski definition) is 2. The zero-order valence-corrected chi connectivity index (χ0v) is 22.1. The molecule has 8 heteroatoms. The molecule has 0 amide bonds. The molecule has 0 unspecified atom stereocenters. The van der Waals surface area contributed by atoms with Gasteiger partial charge in [-0.3, -0.25) is 9.67 Å². The van der Waals surface area contributed by atoms with Gasteiger partial charge in [0.2, 0.25) is 0 Å². The molecule has 2 heterocycles. The zero-order valence-electron chi connectivity index (χ0n) is 19.8. The number of aromatic nitrogens is 2. The summed E-state index contributed by atoms with van der Waals surface area (Å²) in [5.74, 6) is 1.76. The fourth-order valence-corrected chi connectivity index (χ4v) is 4.21. The fourth-order valence-electron chi connectivity index (χ4n) is 4.21. The summed E-state index contributed by atoms with van der Waals surface area (Å²) in [6.45, 7) is 10.9. The lowest BCUT2D eigenvalue weighted by Crippen LogP contribution is -2.48. The molecule has 1 aliphatic heterocycles. The third-order valence-electron chi connectivity index (χ3n) is 5.99. The van der Waals surface area contributed by atoms with Crippen LogP contribution < -0.4 is 15.4 Å². The second-order valence-electron chi connectivity index (χ2n) is 8.21. The summed E-state index contributed by atoms with van der Waals surface area (Å²) in [6, 6.07) is 10.7.